The molecule has 0 bridgehead atoms. The maximum atomic E-state index is 13.8. The monoisotopic (exact) mass is 664 g/mol. The van der Waals surface area contributed by atoms with Gasteiger partial charge in [-0.1, -0.05) is 39.0 Å². The summed E-state index contributed by atoms with van der Waals surface area (Å²) in [7, 11) is 3.98. The summed E-state index contributed by atoms with van der Waals surface area (Å²) in [6.07, 6.45) is -0.261. The van der Waals surface area contributed by atoms with Crippen molar-refractivity contribution >= 4 is 40.3 Å². The molecular weight excluding hydrogens is 623 g/mol. The van der Waals surface area contributed by atoms with Gasteiger partial charge in [-0.2, -0.15) is 13.2 Å². The van der Waals surface area contributed by atoms with Crippen molar-refractivity contribution in [2.45, 2.75) is 60.2 Å². The number of aromatic nitrogens is 1. The van der Waals surface area contributed by atoms with E-state index in [1.165, 1.54) is 6.92 Å². The lowest BCUT2D eigenvalue weighted by atomic mass is 9.96. The van der Waals surface area contributed by atoms with Gasteiger partial charge in [-0.3, -0.25) is 19.4 Å². The van der Waals surface area contributed by atoms with Gasteiger partial charge >= 0.3 is 12.1 Å². The van der Waals surface area contributed by atoms with Gasteiger partial charge in [0, 0.05) is 48.2 Å². The zero-order valence-corrected chi connectivity index (χ0v) is 27.6. The first-order chi connectivity index (χ1) is 22.0. The number of carbonyl (C=O) groups excluding carboxylic acids is 2. The minimum atomic E-state index is -4.61. The summed E-state index contributed by atoms with van der Waals surface area (Å²) in [6, 6.07) is 7.05. The zero-order valence-electron chi connectivity index (χ0n) is 27.6. The highest BCUT2D eigenvalue weighted by atomic mass is 19.4. The average Bonchev–Trinajstić information content (AvgIpc) is 3.00. The third-order valence-corrected chi connectivity index (χ3v) is 6.76. The number of pyridine rings is 1. The van der Waals surface area contributed by atoms with Crippen molar-refractivity contribution in [1.29, 1.82) is 0 Å². The van der Waals surface area contributed by atoms with Gasteiger partial charge in [0.05, 0.1) is 5.52 Å². The summed E-state index contributed by atoms with van der Waals surface area (Å²) >= 11 is 0. The molecule has 0 radical (unpaired) electrons. The van der Waals surface area contributed by atoms with Crippen molar-refractivity contribution in [2.75, 3.05) is 26.0 Å². The van der Waals surface area contributed by atoms with Crippen LogP contribution < -0.4 is 10.6 Å². The number of carbonyl (C=O) groups is 3. The quantitative estimate of drug-likeness (QED) is 0.0889. The first kappa shape index (κ1) is 40.2. The van der Waals surface area contributed by atoms with Gasteiger partial charge in [-0.25, -0.2) is 8.78 Å². The lowest BCUT2D eigenvalue weighted by Crippen LogP contribution is -2.35. The Bertz CT molecular complexity index is 1590. The van der Waals surface area contributed by atoms with E-state index in [-0.39, 0.29) is 6.42 Å². The Labute approximate surface area is 271 Å². The molecular formula is C34H41F5N4O4. The number of alkyl halides is 3. The molecule has 0 saturated carbocycles. The molecule has 1 amide bonds. The van der Waals surface area contributed by atoms with E-state index < -0.39 is 53.5 Å². The van der Waals surface area contributed by atoms with Crippen LogP contribution in [0.4, 0.5) is 27.6 Å². The molecule has 8 nitrogen and oxygen atoms in total. The molecule has 0 fully saturated rings. The van der Waals surface area contributed by atoms with Crippen LogP contribution in [0.25, 0.3) is 16.5 Å². The van der Waals surface area contributed by atoms with E-state index in [0.717, 1.165) is 39.6 Å². The predicted molar refractivity (Wildman–Crippen MR) is 174 cm³/mol. The zero-order chi connectivity index (χ0) is 36.1. The number of aldehydes is 1. The van der Waals surface area contributed by atoms with Crippen LogP contribution in [0.1, 0.15) is 62.5 Å². The summed E-state index contributed by atoms with van der Waals surface area (Å²) in [5.74, 6) is -5.56. The highest BCUT2D eigenvalue weighted by Crippen LogP contribution is 2.29. The second-order valence-corrected chi connectivity index (χ2v) is 10.3. The van der Waals surface area contributed by atoms with E-state index >= 15 is 0 Å². The fourth-order valence-corrected chi connectivity index (χ4v) is 4.16. The third-order valence-electron chi connectivity index (χ3n) is 6.76. The van der Waals surface area contributed by atoms with Gasteiger partial charge in [0.15, 0.2) is 6.29 Å². The number of nitrogens with one attached hydrogen (secondary N) is 2. The van der Waals surface area contributed by atoms with Crippen LogP contribution >= 0.6 is 0 Å². The first-order valence-corrected chi connectivity index (χ1v) is 14.7. The van der Waals surface area contributed by atoms with Gasteiger partial charge in [0.25, 0.3) is 5.91 Å². The minimum Gasteiger partial charge on any atom is -0.480 e. The van der Waals surface area contributed by atoms with Crippen LogP contribution in [0.3, 0.4) is 0 Å². The fraction of sp³-hybridized carbons (Fsp3) is 0.353. The number of fused-ring (bicyclic) bond motifs is 1. The van der Waals surface area contributed by atoms with Crippen LogP contribution in [0.5, 0.6) is 0 Å². The standard InChI is InChI=1S/C19H22N2O.C13H13F5N2O3.C2H6/c1-13-8-9-17(19-16(13)7-6-10-20-19)18(12-22)14(2)11-15(3)21(4)5;1-2-9(13(16,17)18)20-6-3-7(14)11(8(15)4-6)12(23)19-5-10(21)22;1-2/h6-12H,1-5H3;3-4,9,20H,2,5H2,1H3,(H,19,23)(H,21,22);1-2H3/b15-11-,18-14+;;. The van der Waals surface area contributed by atoms with E-state index in [1.807, 2.05) is 82.3 Å². The Morgan fingerprint density at radius 1 is 1.06 bits per heavy atom. The molecule has 2 aromatic carbocycles. The summed E-state index contributed by atoms with van der Waals surface area (Å²) in [5.41, 5.74) is 4.09. The van der Waals surface area contributed by atoms with Crippen LogP contribution in [0.15, 0.2) is 59.9 Å². The number of carboxylic acid groups (broad SMARTS) is 1. The van der Waals surface area contributed by atoms with E-state index in [0.29, 0.717) is 17.7 Å². The van der Waals surface area contributed by atoms with Gasteiger partial charge in [0.1, 0.15) is 29.8 Å². The number of hydrogen-bond donors (Lipinski definition) is 3. The molecule has 0 spiro atoms. The van der Waals surface area contributed by atoms with Gasteiger partial charge in [-0.05, 0) is 62.6 Å². The number of nitrogens with zero attached hydrogens (tertiary/aromatic N) is 2. The van der Waals surface area contributed by atoms with Gasteiger partial charge < -0.3 is 20.6 Å². The van der Waals surface area contributed by atoms with Crippen LogP contribution in [-0.2, 0) is 9.59 Å². The number of allylic oxidation sites excluding steroid dienone is 4. The van der Waals surface area contributed by atoms with Gasteiger partial charge in [-0.15, -0.1) is 0 Å². The molecule has 0 aliphatic heterocycles. The number of halogens is 5. The number of amides is 1. The highest BCUT2D eigenvalue weighted by molar-refractivity contribution is 6.13. The Kier molecular flexibility index (Phi) is 15.7. The largest absolute Gasteiger partial charge is 0.480 e. The Morgan fingerprint density at radius 2 is 1.66 bits per heavy atom. The normalized spacial score (nSPS) is 12.4. The van der Waals surface area contributed by atoms with Gasteiger partial charge in [0.2, 0.25) is 0 Å². The topological polar surface area (TPSA) is 112 Å². The van der Waals surface area contributed by atoms with Crippen LogP contribution in [0.2, 0.25) is 0 Å². The van der Waals surface area contributed by atoms with Crippen molar-refractivity contribution in [3.8, 4) is 0 Å². The number of benzene rings is 2. The molecule has 1 unspecified atom stereocenters. The van der Waals surface area contributed by atoms with E-state index in [2.05, 4.69) is 11.9 Å². The molecule has 3 rings (SSSR count). The van der Waals surface area contributed by atoms with Crippen molar-refractivity contribution in [1.82, 2.24) is 15.2 Å². The van der Waals surface area contributed by atoms with Crippen molar-refractivity contribution in [3.63, 3.8) is 0 Å². The smallest absolute Gasteiger partial charge is 0.408 e. The predicted octanol–water partition coefficient (Wildman–Crippen LogP) is 7.54. The molecule has 256 valence electrons. The molecule has 13 heteroatoms. The lowest BCUT2D eigenvalue weighted by molar-refractivity contribution is -0.143. The number of hydrogen-bond acceptors (Lipinski definition) is 6. The Morgan fingerprint density at radius 3 is 2.15 bits per heavy atom. The lowest BCUT2D eigenvalue weighted by Gasteiger charge is -2.21. The maximum Gasteiger partial charge on any atom is 0.408 e. The highest BCUT2D eigenvalue weighted by Gasteiger charge is 2.38. The molecule has 1 heterocycles. The minimum absolute atomic E-state index is 0.367. The van der Waals surface area contributed by atoms with Crippen molar-refractivity contribution < 1.29 is 41.4 Å². The number of rotatable bonds is 10. The molecule has 0 aliphatic rings. The summed E-state index contributed by atoms with van der Waals surface area (Å²) in [6.45, 7) is 10.4. The molecule has 47 heavy (non-hydrogen) atoms. The van der Waals surface area contributed by atoms with E-state index in [4.69, 9.17) is 5.11 Å². The van der Waals surface area contributed by atoms with Crippen molar-refractivity contribution in [3.05, 3.63) is 88.3 Å². The Balaban J connectivity index is 0.000000447. The molecule has 3 N–H and O–H groups in total. The number of aryl methyl sites for hydroxylation is 1. The summed E-state index contributed by atoms with van der Waals surface area (Å²) in [5, 5.41) is 13.2. The third kappa shape index (κ3) is 11.5. The van der Waals surface area contributed by atoms with Crippen LogP contribution in [0, 0.1) is 18.6 Å². The number of aliphatic carboxylic acids is 1. The molecule has 0 aliphatic carbocycles. The number of anilines is 1. The molecule has 3 aromatic rings. The second kappa shape index (κ2) is 18.4. The Hall–Kier alpha value is -4.81. The van der Waals surface area contributed by atoms with E-state index in [1.54, 1.807) is 11.5 Å². The maximum absolute atomic E-state index is 13.8. The molecule has 0 saturated heterocycles. The second-order valence-electron chi connectivity index (χ2n) is 10.3. The van der Waals surface area contributed by atoms with Crippen molar-refractivity contribution in [2.24, 2.45) is 0 Å². The molecule has 1 atom stereocenters. The van der Waals surface area contributed by atoms with Crippen LogP contribution in [-0.4, -0.2) is 66.0 Å². The van der Waals surface area contributed by atoms with E-state index in [9.17, 15) is 36.3 Å². The number of carboxylic acids is 1. The summed E-state index contributed by atoms with van der Waals surface area (Å²) in [4.78, 5) is 40.0. The first-order valence-electron chi connectivity index (χ1n) is 14.7. The SMILES string of the molecule is C/C(=C/C(C)=C(\C=O)c1ccc(C)c2cccnc12)N(C)C.CC.CCC(Nc1cc(F)c(C(=O)NCC(=O)O)c(F)c1)C(F)(F)F. The molecule has 1 aromatic heterocycles. The average molecular weight is 665 g/mol. The fourth-order valence-electron chi connectivity index (χ4n) is 4.16. The summed E-state index contributed by atoms with van der Waals surface area (Å²) < 4.78 is 65.4.